The molecule has 0 fully saturated rings. The van der Waals surface area contributed by atoms with Gasteiger partial charge in [0.05, 0.1) is 5.56 Å². The number of carboxylic acids is 1. The number of anilines is 1. The van der Waals surface area contributed by atoms with E-state index in [9.17, 15) is 9.59 Å². The van der Waals surface area contributed by atoms with Crippen molar-refractivity contribution in [3.63, 3.8) is 0 Å². The molecule has 4 N–H and O–H groups in total. The van der Waals surface area contributed by atoms with Crippen LogP contribution in [0.25, 0.3) is 0 Å². The van der Waals surface area contributed by atoms with E-state index < -0.39 is 11.5 Å². The van der Waals surface area contributed by atoms with Crippen molar-refractivity contribution in [1.82, 2.24) is 0 Å². The van der Waals surface area contributed by atoms with Gasteiger partial charge in [0.2, 0.25) is 5.91 Å². The summed E-state index contributed by atoms with van der Waals surface area (Å²) in [6.45, 7) is 3.49. The Labute approximate surface area is 113 Å². The van der Waals surface area contributed by atoms with Gasteiger partial charge in [-0.3, -0.25) is 4.79 Å². The molecule has 0 atom stereocenters. The maximum Gasteiger partial charge on any atom is 0.336 e. The van der Waals surface area contributed by atoms with Gasteiger partial charge in [-0.25, -0.2) is 4.79 Å². The van der Waals surface area contributed by atoms with Crippen LogP contribution in [0.5, 0.6) is 0 Å². The highest BCUT2D eigenvalue weighted by Gasteiger charge is 2.17. The van der Waals surface area contributed by atoms with Crippen LogP contribution in [0.4, 0.5) is 5.69 Å². The first-order valence-corrected chi connectivity index (χ1v) is 6.10. The summed E-state index contributed by atoms with van der Waals surface area (Å²) < 4.78 is 0.465. The lowest BCUT2D eigenvalue weighted by Gasteiger charge is -2.17. The molecule has 0 saturated carbocycles. The number of benzene rings is 1. The molecule has 0 saturated heterocycles. The number of rotatable bonds is 4. The molecule has 0 heterocycles. The SMILES string of the molecule is CC(C)(N)CC(=O)Nc1ccc(Br)c(C(=O)O)c1. The zero-order valence-corrected chi connectivity index (χ0v) is 11.7. The zero-order chi connectivity index (χ0) is 13.9. The summed E-state index contributed by atoms with van der Waals surface area (Å²) in [5.74, 6) is -1.31. The standard InChI is InChI=1S/C12H15BrN2O3/c1-12(2,14)6-10(16)15-7-3-4-9(13)8(5-7)11(17)18/h3-5H,6,14H2,1-2H3,(H,15,16)(H,17,18). The molecular formula is C12H15BrN2O3. The Morgan fingerprint density at radius 3 is 2.56 bits per heavy atom. The van der Waals surface area contributed by atoms with Crippen molar-refractivity contribution in [1.29, 1.82) is 0 Å². The molecule has 0 spiro atoms. The van der Waals surface area contributed by atoms with Gasteiger partial charge in [-0.1, -0.05) is 0 Å². The first kappa shape index (κ1) is 14.7. The highest BCUT2D eigenvalue weighted by atomic mass is 79.9. The molecule has 1 rings (SSSR count). The average molecular weight is 315 g/mol. The topological polar surface area (TPSA) is 92.4 Å². The second-order valence-electron chi connectivity index (χ2n) is 4.71. The molecule has 1 aromatic carbocycles. The first-order valence-electron chi connectivity index (χ1n) is 5.30. The van der Waals surface area contributed by atoms with Crippen molar-refractivity contribution >= 4 is 33.5 Å². The van der Waals surface area contributed by atoms with Crippen molar-refractivity contribution in [3.05, 3.63) is 28.2 Å². The minimum absolute atomic E-state index is 0.0970. The fourth-order valence-electron chi connectivity index (χ4n) is 1.39. The van der Waals surface area contributed by atoms with Gasteiger partial charge in [-0.05, 0) is 48.0 Å². The summed E-state index contributed by atoms with van der Waals surface area (Å²) >= 11 is 3.13. The average Bonchev–Trinajstić information content (AvgIpc) is 2.17. The molecule has 0 aromatic heterocycles. The normalized spacial score (nSPS) is 11.1. The van der Waals surface area contributed by atoms with E-state index >= 15 is 0 Å². The number of carbonyl (C=O) groups excluding carboxylic acids is 1. The monoisotopic (exact) mass is 314 g/mol. The van der Waals surface area contributed by atoms with Gasteiger partial charge in [-0.15, -0.1) is 0 Å². The van der Waals surface area contributed by atoms with Gasteiger partial charge >= 0.3 is 5.97 Å². The van der Waals surface area contributed by atoms with E-state index in [0.717, 1.165) is 0 Å². The summed E-state index contributed by atoms with van der Waals surface area (Å²) in [6, 6.07) is 4.60. The minimum atomic E-state index is -1.06. The predicted octanol–water partition coefficient (Wildman–Crippen LogP) is 2.21. The van der Waals surface area contributed by atoms with E-state index in [1.54, 1.807) is 26.0 Å². The number of halogens is 1. The van der Waals surface area contributed by atoms with E-state index in [-0.39, 0.29) is 17.9 Å². The molecule has 1 aromatic rings. The summed E-state index contributed by atoms with van der Waals surface area (Å²) in [5, 5.41) is 11.6. The van der Waals surface area contributed by atoms with Crippen LogP contribution in [0, 0.1) is 0 Å². The van der Waals surface area contributed by atoms with Gasteiger partial charge in [0.1, 0.15) is 0 Å². The second kappa shape index (κ2) is 5.49. The summed E-state index contributed by atoms with van der Waals surface area (Å²) in [7, 11) is 0. The van der Waals surface area contributed by atoms with Crippen LogP contribution in [-0.2, 0) is 4.79 Å². The van der Waals surface area contributed by atoms with Crippen LogP contribution >= 0.6 is 15.9 Å². The van der Waals surface area contributed by atoms with Crippen molar-refractivity contribution in [2.75, 3.05) is 5.32 Å². The third-order valence-corrected chi connectivity index (χ3v) is 2.79. The van der Waals surface area contributed by atoms with Crippen LogP contribution in [0.15, 0.2) is 22.7 Å². The van der Waals surface area contributed by atoms with Crippen molar-refractivity contribution in [2.24, 2.45) is 5.73 Å². The van der Waals surface area contributed by atoms with Crippen LogP contribution in [0.3, 0.4) is 0 Å². The third-order valence-electron chi connectivity index (χ3n) is 2.10. The molecule has 18 heavy (non-hydrogen) atoms. The maximum atomic E-state index is 11.6. The molecule has 0 aliphatic carbocycles. The highest BCUT2D eigenvalue weighted by Crippen LogP contribution is 2.21. The summed E-state index contributed by atoms with van der Waals surface area (Å²) in [6.07, 6.45) is 0.158. The van der Waals surface area contributed by atoms with Crippen molar-refractivity contribution < 1.29 is 14.7 Å². The Balaban J connectivity index is 2.83. The number of aromatic carboxylic acids is 1. The number of carbonyl (C=O) groups is 2. The third kappa shape index (κ3) is 4.46. The Hall–Kier alpha value is -1.40. The Bertz CT molecular complexity index is 481. The van der Waals surface area contributed by atoms with Gasteiger partial charge in [-0.2, -0.15) is 0 Å². The highest BCUT2D eigenvalue weighted by molar-refractivity contribution is 9.10. The zero-order valence-electron chi connectivity index (χ0n) is 10.2. The number of hydrogen-bond acceptors (Lipinski definition) is 3. The molecule has 0 aliphatic rings. The molecule has 0 unspecified atom stereocenters. The lowest BCUT2D eigenvalue weighted by atomic mass is 10.0. The Morgan fingerprint density at radius 1 is 1.44 bits per heavy atom. The molecule has 6 heteroatoms. The van der Waals surface area contributed by atoms with Crippen LogP contribution in [0.2, 0.25) is 0 Å². The van der Waals surface area contributed by atoms with E-state index in [1.165, 1.54) is 6.07 Å². The van der Waals surface area contributed by atoms with Crippen LogP contribution in [-0.4, -0.2) is 22.5 Å². The number of carboxylic acid groups (broad SMARTS) is 1. The second-order valence-corrected chi connectivity index (χ2v) is 5.57. The molecular weight excluding hydrogens is 300 g/mol. The van der Waals surface area contributed by atoms with Crippen molar-refractivity contribution in [2.45, 2.75) is 25.8 Å². The first-order chi connectivity index (χ1) is 8.19. The van der Waals surface area contributed by atoms with Crippen molar-refractivity contribution in [3.8, 4) is 0 Å². The summed E-state index contributed by atoms with van der Waals surface area (Å²) in [5.41, 5.74) is 5.66. The van der Waals surface area contributed by atoms with E-state index in [0.29, 0.717) is 10.2 Å². The molecule has 0 radical (unpaired) electrons. The van der Waals surface area contributed by atoms with Gasteiger partial charge in [0.25, 0.3) is 0 Å². The van der Waals surface area contributed by atoms with Gasteiger partial charge < -0.3 is 16.2 Å². The predicted molar refractivity (Wildman–Crippen MR) is 72.6 cm³/mol. The Kier molecular flexibility index (Phi) is 4.48. The summed E-state index contributed by atoms with van der Waals surface area (Å²) in [4.78, 5) is 22.6. The van der Waals surface area contributed by atoms with Crippen LogP contribution < -0.4 is 11.1 Å². The lowest BCUT2D eigenvalue weighted by Crippen LogP contribution is -2.36. The van der Waals surface area contributed by atoms with Gasteiger partial charge in [0.15, 0.2) is 0 Å². The van der Waals surface area contributed by atoms with Crippen LogP contribution in [0.1, 0.15) is 30.6 Å². The largest absolute Gasteiger partial charge is 0.478 e. The molecule has 0 aliphatic heterocycles. The molecule has 5 nitrogen and oxygen atoms in total. The quantitative estimate of drug-likeness (QED) is 0.794. The fourth-order valence-corrected chi connectivity index (χ4v) is 1.80. The molecule has 1 amide bonds. The number of nitrogens with one attached hydrogen (secondary N) is 1. The van der Waals surface area contributed by atoms with E-state index in [4.69, 9.17) is 10.8 Å². The fraction of sp³-hybridized carbons (Fsp3) is 0.333. The maximum absolute atomic E-state index is 11.6. The smallest absolute Gasteiger partial charge is 0.336 e. The minimum Gasteiger partial charge on any atom is -0.478 e. The lowest BCUT2D eigenvalue weighted by molar-refractivity contribution is -0.117. The number of nitrogens with two attached hydrogens (primary N) is 1. The molecule has 98 valence electrons. The van der Waals surface area contributed by atoms with Gasteiger partial charge in [0, 0.05) is 22.1 Å². The number of hydrogen-bond donors (Lipinski definition) is 3. The van der Waals surface area contributed by atoms with E-state index in [2.05, 4.69) is 21.2 Å². The van der Waals surface area contributed by atoms with E-state index in [1.807, 2.05) is 0 Å². The number of amides is 1. The Morgan fingerprint density at radius 2 is 2.06 bits per heavy atom. The molecule has 0 bridgehead atoms.